The second kappa shape index (κ2) is 7.04. The highest BCUT2D eigenvalue weighted by atomic mass is 16.2. The Balaban J connectivity index is 2.47. The van der Waals surface area contributed by atoms with Crippen molar-refractivity contribution in [2.45, 2.75) is 12.5 Å². The molecule has 0 aliphatic carbocycles. The predicted molar refractivity (Wildman–Crippen MR) is 69.7 cm³/mol. The smallest absolute Gasteiger partial charge is 0.239 e. The van der Waals surface area contributed by atoms with E-state index < -0.39 is 6.04 Å². The third-order valence-corrected chi connectivity index (χ3v) is 2.69. The van der Waals surface area contributed by atoms with Crippen LogP contribution in [-0.4, -0.2) is 44.0 Å². The zero-order chi connectivity index (χ0) is 12.7. The molecule has 1 aromatic carbocycles. The standard InChI is InChI=1S/C13H21N3O/c1-15-8-9-16(2)13(17)12(14)10-11-6-4-3-5-7-11/h3-7,12,15H,8-10,14H2,1-2H3/t12-/m0/s1. The summed E-state index contributed by atoms with van der Waals surface area (Å²) >= 11 is 0. The van der Waals surface area contributed by atoms with Crippen LogP contribution in [-0.2, 0) is 11.2 Å². The maximum atomic E-state index is 11.9. The van der Waals surface area contributed by atoms with E-state index in [2.05, 4.69) is 5.32 Å². The van der Waals surface area contributed by atoms with Crippen LogP contribution in [0, 0.1) is 0 Å². The SMILES string of the molecule is CNCCN(C)C(=O)[C@@H](N)Cc1ccccc1. The summed E-state index contributed by atoms with van der Waals surface area (Å²) < 4.78 is 0. The lowest BCUT2D eigenvalue weighted by Gasteiger charge is -2.21. The first-order chi connectivity index (χ1) is 8.15. The van der Waals surface area contributed by atoms with Crippen LogP contribution in [0.4, 0.5) is 0 Å². The Morgan fingerprint density at radius 1 is 1.41 bits per heavy atom. The van der Waals surface area contributed by atoms with Gasteiger partial charge in [-0.15, -0.1) is 0 Å². The van der Waals surface area contributed by atoms with E-state index in [1.54, 1.807) is 11.9 Å². The van der Waals surface area contributed by atoms with Crippen LogP contribution in [0.2, 0.25) is 0 Å². The maximum Gasteiger partial charge on any atom is 0.239 e. The van der Waals surface area contributed by atoms with Gasteiger partial charge < -0.3 is 16.0 Å². The molecule has 3 N–H and O–H groups in total. The molecule has 1 rings (SSSR count). The number of nitrogens with two attached hydrogens (primary N) is 1. The van der Waals surface area contributed by atoms with Gasteiger partial charge in [0.05, 0.1) is 6.04 Å². The Hall–Kier alpha value is -1.39. The van der Waals surface area contributed by atoms with Gasteiger partial charge in [0.15, 0.2) is 0 Å². The molecule has 94 valence electrons. The van der Waals surface area contributed by atoms with Crippen molar-refractivity contribution in [3.8, 4) is 0 Å². The van der Waals surface area contributed by atoms with Gasteiger partial charge in [0.25, 0.3) is 0 Å². The quantitative estimate of drug-likeness (QED) is 0.742. The molecule has 17 heavy (non-hydrogen) atoms. The van der Waals surface area contributed by atoms with E-state index in [4.69, 9.17) is 5.73 Å². The van der Waals surface area contributed by atoms with Gasteiger partial charge in [-0.1, -0.05) is 30.3 Å². The third kappa shape index (κ3) is 4.54. The molecule has 0 heterocycles. The van der Waals surface area contributed by atoms with E-state index in [9.17, 15) is 4.79 Å². The van der Waals surface area contributed by atoms with E-state index in [0.29, 0.717) is 13.0 Å². The first-order valence-corrected chi connectivity index (χ1v) is 5.84. The van der Waals surface area contributed by atoms with Gasteiger partial charge >= 0.3 is 0 Å². The van der Waals surface area contributed by atoms with Crippen LogP contribution in [0.15, 0.2) is 30.3 Å². The van der Waals surface area contributed by atoms with Crippen molar-refractivity contribution in [2.75, 3.05) is 27.2 Å². The number of nitrogens with one attached hydrogen (secondary N) is 1. The van der Waals surface area contributed by atoms with Crippen molar-refractivity contribution in [3.63, 3.8) is 0 Å². The van der Waals surface area contributed by atoms with Gasteiger partial charge in [-0.25, -0.2) is 0 Å². The van der Waals surface area contributed by atoms with E-state index in [1.165, 1.54) is 0 Å². The fraction of sp³-hybridized carbons (Fsp3) is 0.462. The number of amides is 1. The molecule has 4 nitrogen and oxygen atoms in total. The van der Waals surface area contributed by atoms with Gasteiger partial charge in [0.2, 0.25) is 5.91 Å². The second-order valence-electron chi connectivity index (χ2n) is 4.16. The molecule has 0 spiro atoms. The van der Waals surface area contributed by atoms with E-state index in [-0.39, 0.29) is 5.91 Å². The summed E-state index contributed by atoms with van der Waals surface area (Å²) in [6, 6.07) is 9.38. The van der Waals surface area contributed by atoms with Gasteiger partial charge in [-0.2, -0.15) is 0 Å². The summed E-state index contributed by atoms with van der Waals surface area (Å²) in [5.74, 6) is -0.0101. The van der Waals surface area contributed by atoms with Crippen molar-refractivity contribution in [3.05, 3.63) is 35.9 Å². The average molecular weight is 235 g/mol. The molecule has 1 atom stereocenters. The summed E-state index contributed by atoms with van der Waals surface area (Å²) in [5, 5.41) is 3.01. The monoisotopic (exact) mass is 235 g/mol. The highest BCUT2D eigenvalue weighted by Crippen LogP contribution is 2.03. The number of hydrogen-bond acceptors (Lipinski definition) is 3. The Morgan fingerprint density at radius 3 is 2.65 bits per heavy atom. The summed E-state index contributed by atoms with van der Waals surface area (Å²) in [5.41, 5.74) is 7.00. The van der Waals surface area contributed by atoms with Crippen LogP contribution >= 0.6 is 0 Å². The molecule has 0 saturated heterocycles. The molecule has 0 unspecified atom stereocenters. The van der Waals surface area contributed by atoms with E-state index >= 15 is 0 Å². The minimum Gasteiger partial charge on any atom is -0.343 e. The number of nitrogens with zero attached hydrogens (tertiary/aromatic N) is 1. The fourth-order valence-electron chi connectivity index (χ4n) is 1.63. The average Bonchev–Trinajstić information content (AvgIpc) is 2.36. The maximum absolute atomic E-state index is 11.9. The lowest BCUT2D eigenvalue weighted by atomic mass is 10.1. The second-order valence-corrected chi connectivity index (χ2v) is 4.16. The van der Waals surface area contributed by atoms with Gasteiger partial charge in [0, 0.05) is 20.1 Å². The van der Waals surface area contributed by atoms with E-state index in [0.717, 1.165) is 12.1 Å². The molecule has 0 bridgehead atoms. The molecule has 0 saturated carbocycles. The Bertz CT molecular complexity index is 340. The minimum atomic E-state index is -0.459. The molecule has 1 aromatic rings. The molecule has 0 radical (unpaired) electrons. The Morgan fingerprint density at radius 2 is 2.06 bits per heavy atom. The zero-order valence-corrected chi connectivity index (χ0v) is 10.5. The van der Waals surface area contributed by atoms with Crippen molar-refractivity contribution in [1.29, 1.82) is 0 Å². The van der Waals surface area contributed by atoms with Crippen molar-refractivity contribution in [1.82, 2.24) is 10.2 Å². The largest absolute Gasteiger partial charge is 0.343 e. The normalized spacial score (nSPS) is 12.2. The number of rotatable bonds is 6. The number of carbonyl (C=O) groups excluding carboxylic acids is 1. The van der Waals surface area contributed by atoms with E-state index in [1.807, 2.05) is 37.4 Å². The fourth-order valence-corrected chi connectivity index (χ4v) is 1.63. The molecular formula is C13H21N3O. The van der Waals surface area contributed by atoms with Crippen LogP contribution in [0.3, 0.4) is 0 Å². The van der Waals surface area contributed by atoms with Gasteiger partial charge in [-0.3, -0.25) is 4.79 Å². The lowest BCUT2D eigenvalue weighted by molar-refractivity contribution is -0.131. The highest BCUT2D eigenvalue weighted by Gasteiger charge is 2.17. The van der Waals surface area contributed by atoms with Gasteiger partial charge in [0.1, 0.15) is 0 Å². The summed E-state index contributed by atoms with van der Waals surface area (Å²) in [6.45, 7) is 1.46. The first kappa shape index (κ1) is 13.7. The van der Waals surface area contributed by atoms with Crippen molar-refractivity contribution >= 4 is 5.91 Å². The van der Waals surface area contributed by atoms with Gasteiger partial charge in [-0.05, 0) is 19.0 Å². The lowest BCUT2D eigenvalue weighted by Crippen LogP contribution is -2.44. The molecule has 4 heteroatoms. The van der Waals surface area contributed by atoms with Crippen LogP contribution in [0.5, 0.6) is 0 Å². The molecule has 0 aliphatic heterocycles. The zero-order valence-electron chi connectivity index (χ0n) is 10.5. The number of benzene rings is 1. The number of hydrogen-bond donors (Lipinski definition) is 2. The highest BCUT2D eigenvalue weighted by molar-refractivity contribution is 5.81. The minimum absolute atomic E-state index is 0.0101. The summed E-state index contributed by atoms with van der Waals surface area (Å²) in [6.07, 6.45) is 0.587. The van der Waals surface area contributed by atoms with Crippen molar-refractivity contribution in [2.24, 2.45) is 5.73 Å². The number of likely N-dealkylation sites (N-methyl/N-ethyl adjacent to an activating group) is 2. The summed E-state index contributed by atoms with van der Waals surface area (Å²) in [7, 11) is 3.65. The summed E-state index contributed by atoms with van der Waals surface area (Å²) in [4.78, 5) is 13.6. The Kier molecular flexibility index (Phi) is 5.66. The molecular weight excluding hydrogens is 214 g/mol. The van der Waals surface area contributed by atoms with Crippen molar-refractivity contribution < 1.29 is 4.79 Å². The first-order valence-electron chi connectivity index (χ1n) is 5.84. The third-order valence-electron chi connectivity index (χ3n) is 2.69. The predicted octanol–water partition coefficient (Wildman–Crippen LogP) is 0.234. The topological polar surface area (TPSA) is 58.4 Å². The number of carbonyl (C=O) groups is 1. The van der Waals surface area contributed by atoms with Crippen LogP contribution in [0.25, 0.3) is 0 Å². The Labute approximate surface area is 103 Å². The van der Waals surface area contributed by atoms with Crippen LogP contribution in [0.1, 0.15) is 5.56 Å². The molecule has 0 fully saturated rings. The molecule has 1 amide bonds. The van der Waals surface area contributed by atoms with Crippen LogP contribution < -0.4 is 11.1 Å². The molecule has 0 aliphatic rings. The molecule has 0 aromatic heterocycles.